The van der Waals surface area contributed by atoms with Crippen LogP contribution in [0, 0.1) is 6.92 Å². The smallest absolute Gasteiger partial charge is 0.242 e. The fourth-order valence-corrected chi connectivity index (χ4v) is 2.54. The van der Waals surface area contributed by atoms with Crippen molar-refractivity contribution in [1.29, 1.82) is 0 Å². The lowest BCUT2D eigenvalue weighted by molar-refractivity contribution is 0.893. The van der Waals surface area contributed by atoms with E-state index in [0.717, 1.165) is 11.0 Å². The summed E-state index contributed by atoms with van der Waals surface area (Å²) in [4.78, 5) is 21.5. The van der Waals surface area contributed by atoms with Gasteiger partial charge in [-0.15, -0.1) is 0 Å². The van der Waals surface area contributed by atoms with Crippen LogP contribution in [0.4, 0.5) is 23.5 Å². The first kappa shape index (κ1) is 14.8. The Hall–Kier alpha value is -3.75. The molecule has 0 bridgehead atoms. The molecule has 9 nitrogen and oxygen atoms in total. The molecule has 5 N–H and O–H groups in total. The largest absolute Gasteiger partial charge is 0.384 e. The molecule has 124 valence electrons. The predicted molar refractivity (Wildman–Crippen MR) is 95.5 cm³/mol. The van der Waals surface area contributed by atoms with E-state index in [9.17, 15) is 0 Å². The monoisotopic (exact) mass is 333 g/mol. The number of pyridine rings is 1. The fraction of sp³-hybridized carbons (Fsp3) is 0.0625. The van der Waals surface area contributed by atoms with Crippen LogP contribution in [0.15, 0.2) is 42.5 Å². The van der Waals surface area contributed by atoms with Crippen LogP contribution in [-0.2, 0) is 0 Å². The molecule has 3 heterocycles. The van der Waals surface area contributed by atoms with Gasteiger partial charge in [0, 0.05) is 0 Å². The molecule has 0 saturated heterocycles. The van der Waals surface area contributed by atoms with Gasteiger partial charge in [0.1, 0.15) is 17.5 Å². The Balaban J connectivity index is 1.92. The van der Waals surface area contributed by atoms with Crippen molar-refractivity contribution >= 4 is 34.6 Å². The molecule has 0 unspecified atom stereocenters. The Bertz CT molecular complexity index is 1050. The van der Waals surface area contributed by atoms with Crippen molar-refractivity contribution < 1.29 is 0 Å². The molecule has 1 aromatic carbocycles. The zero-order chi connectivity index (χ0) is 17.4. The molecule has 0 spiro atoms. The molecule has 0 atom stereocenters. The molecule has 3 aromatic heterocycles. The van der Waals surface area contributed by atoms with E-state index in [0.29, 0.717) is 29.4 Å². The van der Waals surface area contributed by atoms with Crippen molar-refractivity contribution in [2.24, 2.45) is 0 Å². The molecule has 0 radical (unpaired) electrons. The molecule has 4 aromatic rings. The van der Waals surface area contributed by atoms with Gasteiger partial charge >= 0.3 is 0 Å². The second-order valence-electron chi connectivity index (χ2n) is 5.37. The highest BCUT2D eigenvalue weighted by atomic mass is 15.3. The summed E-state index contributed by atoms with van der Waals surface area (Å²) in [6, 6.07) is 13.0. The summed E-state index contributed by atoms with van der Waals surface area (Å²) in [7, 11) is 0. The number of aryl methyl sites for hydroxylation is 1. The number of anilines is 4. The van der Waals surface area contributed by atoms with Gasteiger partial charge in [0.15, 0.2) is 0 Å². The molecule has 0 aliphatic rings. The number of hydrogen-bond acceptors (Lipinski definition) is 8. The number of benzene rings is 1. The Morgan fingerprint density at radius 1 is 0.880 bits per heavy atom. The lowest BCUT2D eigenvalue weighted by atomic mass is 10.3. The van der Waals surface area contributed by atoms with Crippen LogP contribution in [0.2, 0.25) is 0 Å². The number of hydrogen-bond donors (Lipinski definition) is 3. The lowest BCUT2D eigenvalue weighted by Gasteiger charge is -2.10. The minimum Gasteiger partial charge on any atom is -0.384 e. The molecular formula is C16H15N9. The van der Waals surface area contributed by atoms with Crippen LogP contribution >= 0.6 is 0 Å². The third-order valence-electron chi connectivity index (χ3n) is 3.52. The number of rotatable bonds is 3. The minimum atomic E-state index is 0.147. The second kappa shape index (κ2) is 5.71. The topological polar surface area (TPSA) is 133 Å². The first-order valence-electron chi connectivity index (χ1n) is 7.56. The maximum absolute atomic E-state index is 5.79. The van der Waals surface area contributed by atoms with Gasteiger partial charge in [0.05, 0.1) is 11.0 Å². The summed E-state index contributed by atoms with van der Waals surface area (Å²) in [6.45, 7) is 1.76. The summed E-state index contributed by atoms with van der Waals surface area (Å²) < 4.78 is 1.77. The summed E-state index contributed by atoms with van der Waals surface area (Å²) in [5.74, 6) is 2.53. The van der Waals surface area contributed by atoms with Gasteiger partial charge in [-0.3, -0.25) is 0 Å². The highest BCUT2D eigenvalue weighted by molar-refractivity contribution is 5.81. The SMILES string of the molecule is Cc1nc(N)nc(-n2c(Nc3cccc(N)n3)nc3ccccc32)n1. The fourth-order valence-electron chi connectivity index (χ4n) is 2.54. The summed E-state index contributed by atoms with van der Waals surface area (Å²) in [5, 5.41) is 3.16. The number of nitrogens with two attached hydrogens (primary N) is 2. The van der Waals surface area contributed by atoms with Gasteiger partial charge in [-0.05, 0) is 31.2 Å². The average molecular weight is 333 g/mol. The first-order chi connectivity index (χ1) is 12.1. The normalized spacial score (nSPS) is 10.9. The third-order valence-corrected chi connectivity index (χ3v) is 3.52. The van der Waals surface area contributed by atoms with Crippen molar-refractivity contribution in [3.05, 3.63) is 48.3 Å². The number of nitrogens with zero attached hydrogens (tertiary/aromatic N) is 6. The van der Waals surface area contributed by atoms with Gasteiger partial charge < -0.3 is 16.8 Å². The highest BCUT2D eigenvalue weighted by Crippen LogP contribution is 2.25. The van der Waals surface area contributed by atoms with Crippen LogP contribution in [0.5, 0.6) is 0 Å². The quantitative estimate of drug-likeness (QED) is 0.517. The molecule has 0 aliphatic heterocycles. The third kappa shape index (κ3) is 2.78. The van der Waals surface area contributed by atoms with Crippen molar-refractivity contribution in [2.45, 2.75) is 6.92 Å². The highest BCUT2D eigenvalue weighted by Gasteiger charge is 2.16. The first-order valence-corrected chi connectivity index (χ1v) is 7.56. The van der Waals surface area contributed by atoms with E-state index in [4.69, 9.17) is 11.5 Å². The van der Waals surface area contributed by atoms with E-state index in [1.54, 1.807) is 23.6 Å². The Kier molecular flexibility index (Phi) is 3.38. The average Bonchev–Trinajstić information content (AvgIpc) is 2.91. The molecule has 0 amide bonds. The standard InChI is InChI=1S/C16H15N9/c1-9-19-14(18)24-15(20-9)25-11-6-3-2-5-10(11)21-16(25)23-13-8-4-7-12(17)22-13/h2-8H,1H3,(H3,17,21,22,23)(H2,18,19,20,24). The van der Waals surface area contributed by atoms with Crippen LogP contribution in [0.1, 0.15) is 5.82 Å². The van der Waals surface area contributed by atoms with Crippen molar-refractivity contribution in [2.75, 3.05) is 16.8 Å². The summed E-state index contributed by atoms with van der Waals surface area (Å²) in [5.41, 5.74) is 13.2. The number of imidazole rings is 1. The maximum atomic E-state index is 5.79. The second-order valence-corrected chi connectivity index (χ2v) is 5.37. The van der Waals surface area contributed by atoms with E-state index in [1.807, 2.05) is 30.3 Å². The van der Waals surface area contributed by atoms with Crippen LogP contribution in [0.3, 0.4) is 0 Å². The van der Waals surface area contributed by atoms with Gasteiger partial charge in [-0.25, -0.2) is 14.5 Å². The molecule has 0 fully saturated rings. The lowest BCUT2D eigenvalue weighted by Crippen LogP contribution is -2.10. The molecule has 0 saturated carbocycles. The van der Waals surface area contributed by atoms with Gasteiger partial charge in [0.2, 0.25) is 17.8 Å². The number of para-hydroxylation sites is 2. The van der Waals surface area contributed by atoms with Crippen molar-refractivity contribution in [3.63, 3.8) is 0 Å². The minimum absolute atomic E-state index is 0.147. The summed E-state index contributed by atoms with van der Waals surface area (Å²) >= 11 is 0. The zero-order valence-corrected chi connectivity index (χ0v) is 13.4. The van der Waals surface area contributed by atoms with E-state index in [2.05, 4.69) is 30.2 Å². The predicted octanol–water partition coefficient (Wildman–Crippen LogP) is 1.82. The Morgan fingerprint density at radius 2 is 1.72 bits per heavy atom. The van der Waals surface area contributed by atoms with E-state index >= 15 is 0 Å². The Morgan fingerprint density at radius 3 is 2.52 bits per heavy atom. The van der Waals surface area contributed by atoms with E-state index < -0.39 is 0 Å². The zero-order valence-electron chi connectivity index (χ0n) is 13.4. The number of nitrogens with one attached hydrogen (secondary N) is 1. The van der Waals surface area contributed by atoms with Crippen LogP contribution in [0.25, 0.3) is 17.0 Å². The molecular weight excluding hydrogens is 318 g/mol. The van der Waals surface area contributed by atoms with Crippen LogP contribution in [-0.4, -0.2) is 29.5 Å². The number of aromatic nitrogens is 6. The number of nitrogen functional groups attached to an aromatic ring is 2. The van der Waals surface area contributed by atoms with Gasteiger partial charge in [-0.2, -0.15) is 15.0 Å². The molecule has 9 heteroatoms. The molecule has 0 aliphatic carbocycles. The molecule has 4 rings (SSSR count). The number of fused-ring (bicyclic) bond motifs is 1. The van der Waals surface area contributed by atoms with Gasteiger partial charge in [0.25, 0.3) is 0 Å². The van der Waals surface area contributed by atoms with E-state index in [-0.39, 0.29) is 5.95 Å². The maximum Gasteiger partial charge on any atom is 0.242 e. The Labute approximate surface area is 142 Å². The van der Waals surface area contributed by atoms with Crippen molar-refractivity contribution in [1.82, 2.24) is 29.5 Å². The van der Waals surface area contributed by atoms with Crippen molar-refractivity contribution in [3.8, 4) is 5.95 Å². The van der Waals surface area contributed by atoms with Gasteiger partial charge in [-0.1, -0.05) is 18.2 Å². The van der Waals surface area contributed by atoms with Crippen LogP contribution < -0.4 is 16.8 Å². The molecule has 25 heavy (non-hydrogen) atoms. The van der Waals surface area contributed by atoms with E-state index in [1.165, 1.54) is 0 Å². The summed E-state index contributed by atoms with van der Waals surface area (Å²) in [6.07, 6.45) is 0.